The summed E-state index contributed by atoms with van der Waals surface area (Å²) in [7, 11) is 1.62. The third-order valence-corrected chi connectivity index (χ3v) is 4.21. The molecule has 5 nitrogen and oxygen atoms in total. The predicted octanol–water partition coefficient (Wildman–Crippen LogP) is 4.78. The molecule has 1 heterocycles. The van der Waals surface area contributed by atoms with Crippen molar-refractivity contribution in [2.75, 3.05) is 19.0 Å². The van der Waals surface area contributed by atoms with Crippen molar-refractivity contribution in [2.24, 2.45) is 0 Å². The molecule has 1 aromatic heterocycles. The lowest BCUT2D eigenvalue weighted by Gasteiger charge is -2.17. The third-order valence-electron chi connectivity index (χ3n) is 4.21. The van der Waals surface area contributed by atoms with Crippen LogP contribution in [0, 0.1) is 13.8 Å². The fourth-order valence-corrected chi connectivity index (χ4v) is 2.92. The highest BCUT2D eigenvalue weighted by Crippen LogP contribution is 2.34. The monoisotopic (exact) mass is 350 g/mol. The number of nitrogens with zero attached hydrogens (tertiary/aromatic N) is 1. The maximum Gasteiger partial charge on any atom is 0.341 e. The van der Waals surface area contributed by atoms with E-state index in [9.17, 15) is 4.79 Å². The second-order valence-electron chi connectivity index (χ2n) is 6.07. The molecule has 0 unspecified atom stereocenters. The molecule has 0 aliphatic carbocycles. The largest absolute Gasteiger partial charge is 0.495 e. The van der Waals surface area contributed by atoms with Gasteiger partial charge in [0.15, 0.2) is 0 Å². The van der Waals surface area contributed by atoms with E-state index in [-0.39, 0.29) is 0 Å². The number of ether oxygens (including phenoxy) is 2. The van der Waals surface area contributed by atoms with Crippen LogP contribution in [-0.2, 0) is 4.74 Å². The lowest BCUT2D eigenvalue weighted by Crippen LogP contribution is -2.10. The van der Waals surface area contributed by atoms with E-state index < -0.39 is 5.97 Å². The molecule has 3 aromatic rings. The van der Waals surface area contributed by atoms with Crippen LogP contribution in [0.15, 0.2) is 42.6 Å². The number of para-hydroxylation sites is 1. The first kappa shape index (κ1) is 17.7. The summed E-state index contributed by atoms with van der Waals surface area (Å²) in [6.45, 7) is 6.09. The summed E-state index contributed by atoms with van der Waals surface area (Å²) in [6.07, 6.45) is 1.57. The van der Waals surface area contributed by atoms with E-state index in [1.807, 2.05) is 50.2 Å². The number of rotatable bonds is 5. The molecule has 1 N–H and O–H groups in total. The van der Waals surface area contributed by atoms with Crippen molar-refractivity contribution >= 4 is 28.2 Å². The number of hydrogen-bond acceptors (Lipinski definition) is 5. The Bertz CT molecular complexity index is 967. The van der Waals surface area contributed by atoms with Gasteiger partial charge in [-0.05, 0) is 44.0 Å². The van der Waals surface area contributed by atoms with Gasteiger partial charge < -0.3 is 14.8 Å². The number of hydrogen-bond donors (Lipinski definition) is 1. The van der Waals surface area contributed by atoms with E-state index in [2.05, 4.69) is 10.3 Å². The van der Waals surface area contributed by atoms with Crippen molar-refractivity contribution < 1.29 is 14.3 Å². The molecule has 3 rings (SSSR count). The summed E-state index contributed by atoms with van der Waals surface area (Å²) in [5, 5.41) is 4.24. The second-order valence-corrected chi connectivity index (χ2v) is 6.07. The third kappa shape index (κ3) is 3.33. The first-order valence-corrected chi connectivity index (χ1v) is 8.52. The molecule has 0 atom stereocenters. The molecule has 2 aromatic carbocycles. The van der Waals surface area contributed by atoms with Crippen LogP contribution in [0.25, 0.3) is 10.9 Å². The van der Waals surface area contributed by atoms with Crippen LogP contribution in [0.3, 0.4) is 0 Å². The first-order chi connectivity index (χ1) is 12.5. The predicted molar refractivity (Wildman–Crippen MR) is 103 cm³/mol. The van der Waals surface area contributed by atoms with Crippen LogP contribution >= 0.6 is 0 Å². The Labute approximate surface area is 153 Å². The summed E-state index contributed by atoms with van der Waals surface area (Å²) in [5.41, 5.74) is 4.81. The van der Waals surface area contributed by atoms with E-state index >= 15 is 0 Å². The topological polar surface area (TPSA) is 60.5 Å². The molecule has 0 amide bonds. The number of carbonyl (C=O) groups excluding carboxylic acids is 1. The van der Waals surface area contributed by atoms with Crippen molar-refractivity contribution in [1.82, 2.24) is 4.98 Å². The molecule has 0 radical (unpaired) electrons. The van der Waals surface area contributed by atoms with Gasteiger partial charge in [0.05, 0.1) is 30.6 Å². The van der Waals surface area contributed by atoms with Gasteiger partial charge in [-0.3, -0.25) is 4.98 Å². The van der Waals surface area contributed by atoms with Crippen molar-refractivity contribution in [3.05, 3.63) is 59.3 Å². The zero-order chi connectivity index (χ0) is 18.7. The number of methoxy groups -OCH3 is 1. The van der Waals surface area contributed by atoms with Crippen LogP contribution < -0.4 is 10.1 Å². The Hall–Kier alpha value is -3.08. The molecule has 0 fully saturated rings. The summed E-state index contributed by atoms with van der Waals surface area (Å²) in [4.78, 5) is 16.9. The van der Waals surface area contributed by atoms with Gasteiger partial charge in [-0.15, -0.1) is 0 Å². The van der Waals surface area contributed by atoms with Crippen molar-refractivity contribution in [2.45, 2.75) is 20.8 Å². The lowest BCUT2D eigenvalue weighted by molar-refractivity contribution is 0.0527. The highest BCUT2D eigenvalue weighted by Gasteiger charge is 2.18. The van der Waals surface area contributed by atoms with Crippen molar-refractivity contribution in [3.8, 4) is 5.75 Å². The van der Waals surface area contributed by atoms with Crippen molar-refractivity contribution in [3.63, 3.8) is 0 Å². The van der Waals surface area contributed by atoms with Crippen LogP contribution in [0.5, 0.6) is 5.75 Å². The zero-order valence-corrected chi connectivity index (χ0v) is 15.4. The van der Waals surface area contributed by atoms with E-state index in [0.717, 1.165) is 27.7 Å². The highest BCUT2D eigenvalue weighted by molar-refractivity contribution is 6.06. The van der Waals surface area contributed by atoms with E-state index in [4.69, 9.17) is 9.47 Å². The average Bonchev–Trinajstić information content (AvgIpc) is 2.63. The quantitative estimate of drug-likeness (QED) is 0.671. The normalized spacial score (nSPS) is 10.6. The number of aromatic nitrogens is 1. The molecule has 0 saturated heterocycles. The number of nitrogens with one attached hydrogen (secondary N) is 1. The Morgan fingerprint density at radius 1 is 1.19 bits per heavy atom. The molecule has 0 saturated carbocycles. The van der Waals surface area contributed by atoms with Gasteiger partial charge >= 0.3 is 5.97 Å². The average molecular weight is 350 g/mol. The maximum absolute atomic E-state index is 12.5. The zero-order valence-electron chi connectivity index (χ0n) is 15.4. The second kappa shape index (κ2) is 7.44. The molecule has 0 spiro atoms. The summed E-state index contributed by atoms with van der Waals surface area (Å²) in [6, 6.07) is 11.8. The van der Waals surface area contributed by atoms with Crippen LogP contribution in [0.4, 0.5) is 11.4 Å². The number of aryl methyl sites for hydroxylation is 2. The molecule has 26 heavy (non-hydrogen) atoms. The fourth-order valence-electron chi connectivity index (χ4n) is 2.92. The smallest absolute Gasteiger partial charge is 0.341 e. The van der Waals surface area contributed by atoms with Crippen LogP contribution in [-0.4, -0.2) is 24.7 Å². The summed E-state index contributed by atoms with van der Waals surface area (Å²) in [5.74, 6) is 0.292. The molecule has 134 valence electrons. The van der Waals surface area contributed by atoms with E-state index in [0.29, 0.717) is 23.6 Å². The number of fused-ring (bicyclic) bond motifs is 1. The molecule has 0 aliphatic rings. The van der Waals surface area contributed by atoms with Gasteiger partial charge in [0.25, 0.3) is 0 Å². The Morgan fingerprint density at radius 3 is 2.73 bits per heavy atom. The van der Waals surface area contributed by atoms with E-state index in [1.54, 1.807) is 20.2 Å². The fraction of sp³-hybridized carbons (Fsp3) is 0.238. The lowest BCUT2D eigenvalue weighted by atomic mass is 10.1. The van der Waals surface area contributed by atoms with Gasteiger partial charge in [0, 0.05) is 11.6 Å². The highest BCUT2D eigenvalue weighted by atomic mass is 16.5. The van der Waals surface area contributed by atoms with Gasteiger partial charge in [-0.2, -0.15) is 0 Å². The summed E-state index contributed by atoms with van der Waals surface area (Å²) >= 11 is 0. The first-order valence-electron chi connectivity index (χ1n) is 8.52. The summed E-state index contributed by atoms with van der Waals surface area (Å²) < 4.78 is 10.7. The molecule has 5 heteroatoms. The number of anilines is 2. The Balaban J connectivity index is 2.22. The molecular weight excluding hydrogens is 328 g/mol. The molecule has 0 bridgehead atoms. The van der Waals surface area contributed by atoms with Crippen molar-refractivity contribution in [1.29, 1.82) is 0 Å². The number of benzene rings is 2. The molecule has 0 aliphatic heterocycles. The SMILES string of the molecule is CCOC(=O)c1cnc2c(C)cccc2c1Nc1cc(C)ccc1OC. The van der Waals surface area contributed by atoms with Crippen LogP contribution in [0.1, 0.15) is 28.4 Å². The number of esters is 1. The Kier molecular flexibility index (Phi) is 5.07. The van der Waals surface area contributed by atoms with Gasteiger partial charge in [-0.1, -0.05) is 24.3 Å². The number of carbonyl (C=O) groups is 1. The minimum Gasteiger partial charge on any atom is -0.495 e. The number of pyridine rings is 1. The molecular formula is C21H22N2O3. The minimum absolute atomic E-state index is 0.303. The standard InChI is InChI=1S/C21H22N2O3/c1-5-26-21(24)16-12-22-19-14(3)7-6-8-15(19)20(16)23-17-11-13(2)9-10-18(17)25-4/h6-12H,5H2,1-4H3,(H,22,23). The van der Waals surface area contributed by atoms with Crippen LogP contribution in [0.2, 0.25) is 0 Å². The minimum atomic E-state index is -0.405. The van der Waals surface area contributed by atoms with Gasteiger partial charge in [-0.25, -0.2) is 4.79 Å². The van der Waals surface area contributed by atoms with Gasteiger partial charge in [0.1, 0.15) is 11.3 Å². The maximum atomic E-state index is 12.5. The Morgan fingerprint density at radius 2 is 2.00 bits per heavy atom. The van der Waals surface area contributed by atoms with Gasteiger partial charge in [0.2, 0.25) is 0 Å². The van der Waals surface area contributed by atoms with E-state index in [1.165, 1.54) is 0 Å².